The molecule has 3 atom stereocenters. The monoisotopic (exact) mass is 290 g/mol. The Kier molecular flexibility index (Phi) is 7.01. The Morgan fingerprint density at radius 1 is 1.53 bits per heavy atom. The topological polar surface area (TPSA) is 87.7 Å². The van der Waals surface area contributed by atoms with Gasteiger partial charge in [0.15, 0.2) is 0 Å². The second-order valence-electron chi connectivity index (χ2n) is 4.69. The third kappa shape index (κ3) is 6.15. The SMILES string of the molecule is CSCC[C@@H](NC(=O)NC1CCOC(C)C1)C(=O)O. The number of hydrogen-bond acceptors (Lipinski definition) is 4. The van der Waals surface area contributed by atoms with Crippen LogP contribution in [0.5, 0.6) is 0 Å². The number of urea groups is 1. The van der Waals surface area contributed by atoms with E-state index in [2.05, 4.69) is 10.6 Å². The molecule has 0 spiro atoms. The Morgan fingerprint density at radius 2 is 2.26 bits per heavy atom. The summed E-state index contributed by atoms with van der Waals surface area (Å²) in [6.45, 7) is 2.59. The molecule has 0 aliphatic carbocycles. The number of aliphatic carboxylic acids is 1. The van der Waals surface area contributed by atoms with Crippen LogP contribution in [0.1, 0.15) is 26.2 Å². The third-order valence-corrected chi connectivity index (χ3v) is 3.68. The lowest BCUT2D eigenvalue weighted by atomic mass is 10.0. The molecule has 2 amide bonds. The van der Waals surface area contributed by atoms with Gasteiger partial charge in [-0.25, -0.2) is 9.59 Å². The predicted octanol–water partition coefficient (Wildman–Crippen LogP) is 1.06. The number of nitrogens with one attached hydrogen (secondary N) is 2. The van der Waals surface area contributed by atoms with Crippen molar-refractivity contribution in [1.29, 1.82) is 0 Å². The van der Waals surface area contributed by atoms with E-state index >= 15 is 0 Å². The van der Waals surface area contributed by atoms with Gasteiger partial charge in [0.25, 0.3) is 0 Å². The number of carbonyl (C=O) groups is 2. The van der Waals surface area contributed by atoms with Crippen LogP contribution in [0.25, 0.3) is 0 Å². The van der Waals surface area contributed by atoms with Crippen LogP contribution in [0, 0.1) is 0 Å². The van der Waals surface area contributed by atoms with Crippen LogP contribution in [-0.2, 0) is 9.53 Å². The molecule has 0 aromatic heterocycles. The van der Waals surface area contributed by atoms with Crippen LogP contribution in [0.15, 0.2) is 0 Å². The summed E-state index contributed by atoms with van der Waals surface area (Å²) in [5.74, 6) is -0.296. The van der Waals surface area contributed by atoms with Crippen LogP contribution in [0.4, 0.5) is 4.79 Å². The van der Waals surface area contributed by atoms with Gasteiger partial charge in [-0.2, -0.15) is 11.8 Å². The molecule has 2 unspecified atom stereocenters. The van der Waals surface area contributed by atoms with Gasteiger partial charge in [0, 0.05) is 12.6 Å². The third-order valence-electron chi connectivity index (χ3n) is 3.03. The van der Waals surface area contributed by atoms with E-state index < -0.39 is 18.0 Å². The zero-order valence-electron chi connectivity index (χ0n) is 11.3. The Hall–Kier alpha value is -0.950. The Labute approximate surface area is 117 Å². The predicted molar refractivity (Wildman–Crippen MR) is 74.5 cm³/mol. The lowest BCUT2D eigenvalue weighted by Gasteiger charge is -2.28. The maximum atomic E-state index is 11.8. The minimum Gasteiger partial charge on any atom is -0.480 e. The number of carboxylic acids is 1. The van der Waals surface area contributed by atoms with Crippen LogP contribution in [0.2, 0.25) is 0 Å². The molecule has 110 valence electrons. The van der Waals surface area contributed by atoms with E-state index in [4.69, 9.17) is 9.84 Å². The largest absolute Gasteiger partial charge is 0.480 e. The van der Waals surface area contributed by atoms with Gasteiger partial charge >= 0.3 is 12.0 Å². The summed E-state index contributed by atoms with van der Waals surface area (Å²) >= 11 is 1.56. The Bertz CT molecular complexity index is 314. The minimum atomic E-state index is -0.996. The number of ether oxygens (including phenoxy) is 1. The van der Waals surface area contributed by atoms with Crippen LogP contribution >= 0.6 is 11.8 Å². The number of carboxylic acid groups (broad SMARTS) is 1. The number of thioether (sulfide) groups is 1. The van der Waals surface area contributed by atoms with E-state index in [1.54, 1.807) is 11.8 Å². The Balaban J connectivity index is 2.37. The van der Waals surface area contributed by atoms with Crippen LogP contribution in [0.3, 0.4) is 0 Å². The normalized spacial score (nSPS) is 24.5. The zero-order valence-corrected chi connectivity index (χ0v) is 12.2. The van der Waals surface area contributed by atoms with Crippen LogP contribution < -0.4 is 10.6 Å². The van der Waals surface area contributed by atoms with E-state index in [0.717, 1.165) is 12.8 Å². The van der Waals surface area contributed by atoms with Crippen molar-refractivity contribution < 1.29 is 19.4 Å². The molecule has 0 aromatic carbocycles. The summed E-state index contributed by atoms with van der Waals surface area (Å²) in [6, 6.07) is -1.18. The fraction of sp³-hybridized carbons (Fsp3) is 0.833. The highest BCUT2D eigenvalue weighted by Crippen LogP contribution is 2.13. The molecule has 1 fully saturated rings. The van der Waals surface area contributed by atoms with Gasteiger partial charge in [0.1, 0.15) is 6.04 Å². The molecule has 0 aromatic rings. The van der Waals surface area contributed by atoms with Crippen molar-refractivity contribution >= 4 is 23.8 Å². The quantitative estimate of drug-likeness (QED) is 0.681. The molecule has 7 heteroatoms. The molecule has 1 aliphatic heterocycles. The number of carbonyl (C=O) groups excluding carboxylic acids is 1. The van der Waals surface area contributed by atoms with Crippen molar-refractivity contribution in [3.05, 3.63) is 0 Å². The first-order chi connectivity index (χ1) is 9.02. The van der Waals surface area contributed by atoms with Crippen molar-refractivity contribution in [3.8, 4) is 0 Å². The van der Waals surface area contributed by atoms with E-state index in [1.807, 2.05) is 13.2 Å². The molecule has 0 radical (unpaired) electrons. The lowest BCUT2D eigenvalue weighted by molar-refractivity contribution is -0.139. The molecule has 0 saturated carbocycles. The molecule has 1 rings (SSSR count). The summed E-state index contributed by atoms with van der Waals surface area (Å²) in [7, 11) is 0. The van der Waals surface area contributed by atoms with E-state index in [-0.39, 0.29) is 12.1 Å². The Morgan fingerprint density at radius 3 is 2.84 bits per heavy atom. The van der Waals surface area contributed by atoms with Gasteiger partial charge in [0.05, 0.1) is 6.10 Å². The second kappa shape index (κ2) is 8.27. The first kappa shape index (κ1) is 16.1. The first-order valence-corrected chi connectivity index (χ1v) is 7.82. The highest BCUT2D eigenvalue weighted by atomic mass is 32.2. The minimum absolute atomic E-state index is 0.0544. The van der Waals surface area contributed by atoms with Crippen molar-refractivity contribution in [3.63, 3.8) is 0 Å². The van der Waals surface area contributed by atoms with Gasteiger partial charge < -0.3 is 20.5 Å². The van der Waals surface area contributed by atoms with E-state index in [0.29, 0.717) is 18.8 Å². The molecule has 0 bridgehead atoms. The van der Waals surface area contributed by atoms with Gasteiger partial charge in [-0.3, -0.25) is 0 Å². The average Bonchev–Trinajstić information content (AvgIpc) is 2.34. The maximum Gasteiger partial charge on any atom is 0.326 e. The molecule has 1 heterocycles. The molecule has 1 saturated heterocycles. The summed E-state index contributed by atoms with van der Waals surface area (Å²) in [5.41, 5.74) is 0. The van der Waals surface area contributed by atoms with Crippen molar-refractivity contribution in [2.24, 2.45) is 0 Å². The molecule has 3 N–H and O–H groups in total. The molecular weight excluding hydrogens is 268 g/mol. The maximum absolute atomic E-state index is 11.8. The summed E-state index contributed by atoms with van der Waals surface area (Å²) in [5, 5.41) is 14.3. The van der Waals surface area contributed by atoms with Gasteiger partial charge in [0.2, 0.25) is 0 Å². The molecular formula is C12H22N2O4S. The number of rotatable bonds is 6. The highest BCUT2D eigenvalue weighted by molar-refractivity contribution is 7.98. The van der Waals surface area contributed by atoms with Crippen molar-refractivity contribution in [2.45, 2.75) is 44.4 Å². The summed E-state index contributed by atoms with van der Waals surface area (Å²) in [6.07, 6.45) is 3.98. The molecule has 19 heavy (non-hydrogen) atoms. The second-order valence-corrected chi connectivity index (χ2v) is 5.68. The average molecular weight is 290 g/mol. The molecule has 6 nitrogen and oxygen atoms in total. The fourth-order valence-corrected chi connectivity index (χ4v) is 2.48. The smallest absolute Gasteiger partial charge is 0.326 e. The van der Waals surface area contributed by atoms with Gasteiger partial charge in [-0.15, -0.1) is 0 Å². The van der Waals surface area contributed by atoms with Crippen molar-refractivity contribution in [1.82, 2.24) is 10.6 Å². The summed E-state index contributed by atoms with van der Waals surface area (Å²) in [4.78, 5) is 22.8. The lowest BCUT2D eigenvalue weighted by Crippen LogP contribution is -2.51. The van der Waals surface area contributed by atoms with E-state index in [1.165, 1.54) is 0 Å². The van der Waals surface area contributed by atoms with Gasteiger partial charge in [-0.1, -0.05) is 0 Å². The number of amides is 2. The fourth-order valence-electron chi connectivity index (χ4n) is 2.01. The van der Waals surface area contributed by atoms with E-state index in [9.17, 15) is 9.59 Å². The van der Waals surface area contributed by atoms with Gasteiger partial charge in [-0.05, 0) is 38.2 Å². The first-order valence-electron chi connectivity index (χ1n) is 6.43. The standard InChI is InChI=1S/C12H22N2O4S/c1-8-7-9(3-5-18-8)13-12(17)14-10(11(15)16)4-6-19-2/h8-10H,3-7H2,1-2H3,(H,15,16)(H2,13,14,17)/t8?,9?,10-/m1/s1. The van der Waals surface area contributed by atoms with Crippen molar-refractivity contribution in [2.75, 3.05) is 18.6 Å². The van der Waals surface area contributed by atoms with Crippen LogP contribution in [-0.4, -0.2) is 53.9 Å². The highest BCUT2D eigenvalue weighted by Gasteiger charge is 2.24. The number of hydrogen-bond donors (Lipinski definition) is 3. The molecule has 1 aliphatic rings. The summed E-state index contributed by atoms with van der Waals surface area (Å²) < 4.78 is 5.39. The zero-order chi connectivity index (χ0) is 14.3.